The second-order valence-corrected chi connectivity index (χ2v) is 1.77. The zero-order valence-electron chi connectivity index (χ0n) is 4.84. The quantitative estimate of drug-likeness (QED) is 0.449. The second kappa shape index (κ2) is 5.09. The van der Waals surface area contributed by atoms with Gasteiger partial charge >= 0.3 is 0 Å². The molecule has 1 nitrogen and oxygen atoms in total. The van der Waals surface area contributed by atoms with Gasteiger partial charge in [0.2, 0.25) is 0 Å². The number of hydrogen-bond acceptors (Lipinski definition) is 2. The van der Waals surface area contributed by atoms with Gasteiger partial charge in [-0.15, -0.1) is 0 Å². The molecule has 0 aliphatic rings. The summed E-state index contributed by atoms with van der Waals surface area (Å²) < 4.78 is 15.5. The molecule has 0 fully saturated rings. The first-order chi connectivity index (χ1) is 3.81. The lowest BCUT2D eigenvalue weighted by Gasteiger charge is -1.95. The summed E-state index contributed by atoms with van der Waals surface area (Å²) in [5.41, 5.74) is 0. The number of alkyl halides is 1. The van der Waals surface area contributed by atoms with Crippen LogP contribution in [0.15, 0.2) is 4.40 Å². The lowest BCUT2D eigenvalue weighted by molar-refractivity contribution is 0.336. The van der Waals surface area contributed by atoms with Crippen molar-refractivity contribution in [2.75, 3.05) is 0 Å². The second-order valence-electron chi connectivity index (χ2n) is 1.54. The summed E-state index contributed by atoms with van der Waals surface area (Å²) in [5.74, 6) is 0. The summed E-state index contributed by atoms with van der Waals surface area (Å²) >= 11 is 3.54. The van der Waals surface area contributed by atoms with E-state index in [0.29, 0.717) is 12.8 Å². The predicted molar refractivity (Wildman–Crippen MR) is 37.3 cm³/mol. The van der Waals surface area contributed by atoms with Crippen LogP contribution < -0.4 is 0 Å². The Morgan fingerprint density at radius 1 is 1.88 bits per heavy atom. The molecule has 0 aliphatic heterocycles. The van der Waals surface area contributed by atoms with Crippen LogP contribution in [0.1, 0.15) is 19.8 Å². The molecule has 3 heteroatoms. The molecule has 8 heavy (non-hydrogen) atoms. The average molecular weight is 135 g/mol. The fourth-order valence-electron chi connectivity index (χ4n) is 0.328. The van der Waals surface area contributed by atoms with Gasteiger partial charge in [-0.25, -0.2) is 8.79 Å². The van der Waals surface area contributed by atoms with Crippen LogP contribution in [-0.4, -0.2) is 12.4 Å². The van der Waals surface area contributed by atoms with Gasteiger partial charge in [-0.1, -0.05) is 6.92 Å². The number of hydrogen-bond donors (Lipinski definition) is 1. The fraction of sp³-hybridized carbons (Fsp3) is 0.800. The Hall–Kier alpha value is -0.0500. The first-order valence-electron chi connectivity index (χ1n) is 2.61. The van der Waals surface area contributed by atoms with Crippen molar-refractivity contribution in [3.05, 3.63) is 0 Å². The molecule has 0 spiro atoms. The molecule has 0 amide bonds. The van der Waals surface area contributed by atoms with Crippen molar-refractivity contribution in [2.45, 2.75) is 25.9 Å². The first kappa shape index (κ1) is 7.95. The number of thiol groups is 1. The van der Waals surface area contributed by atoms with Gasteiger partial charge < -0.3 is 0 Å². The summed E-state index contributed by atoms with van der Waals surface area (Å²) in [7, 11) is 0. The molecule has 0 heterocycles. The average Bonchev–Trinajstić information content (AvgIpc) is 1.83. The predicted octanol–water partition coefficient (Wildman–Crippen LogP) is 2.04. The van der Waals surface area contributed by atoms with Gasteiger partial charge in [-0.05, 0) is 19.2 Å². The summed E-state index contributed by atoms with van der Waals surface area (Å²) in [6.07, 6.45) is 1.67. The molecular formula is C5H10FNS. The normalized spacial score (nSPS) is 14.9. The van der Waals surface area contributed by atoms with E-state index in [1.54, 1.807) is 6.92 Å². The molecule has 0 saturated heterocycles. The van der Waals surface area contributed by atoms with E-state index < -0.39 is 6.17 Å². The molecule has 0 aromatic rings. The van der Waals surface area contributed by atoms with E-state index in [9.17, 15) is 4.39 Å². The van der Waals surface area contributed by atoms with Crippen LogP contribution in [0.4, 0.5) is 4.39 Å². The third-order valence-corrected chi connectivity index (χ3v) is 1.05. The standard InChI is InChI=1S/C5H10FNS/c1-2-5(6)3-4-7-8/h4-5,8H,2-3H2,1H3/b7-4+/t5-/m0/s1. The van der Waals surface area contributed by atoms with E-state index in [1.807, 2.05) is 0 Å². The Balaban J connectivity index is 3.10. The Labute approximate surface area is 54.6 Å². The molecule has 1 atom stereocenters. The maximum absolute atomic E-state index is 12.2. The van der Waals surface area contributed by atoms with Crippen molar-refractivity contribution < 1.29 is 4.39 Å². The molecule has 0 saturated carbocycles. The number of nitrogens with zero attached hydrogens (tertiary/aromatic N) is 1. The summed E-state index contributed by atoms with van der Waals surface area (Å²) in [4.78, 5) is 0. The lowest BCUT2D eigenvalue weighted by atomic mass is 10.2. The molecule has 0 aromatic heterocycles. The monoisotopic (exact) mass is 135 g/mol. The van der Waals surface area contributed by atoms with Crippen LogP contribution in [0, 0.1) is 0 Å². The highest BCUT2D eigenvalue weighted by atomic mass is 32.1. The van der Waals surface area contributed by atoms with Crippen LogP contribution in [-0.2, 0) is 0 Å². The Bertz CT molecular complexity index is 74.8. The largest absolute Gasteiger partial charge is 0.247 e. The highest BCUT2D eigenvalue weighted by molar-refractivity contribution is 7.78. The highest BCUT2D eigenvalue weighted by Gasteiger charge is 1.97. The van der Waals surface area contributed by atoms with Crippen LogP contribution in [0.3, 0.4) is 0 Å². The molecule has 0 aromatic carbocycles. The molecule has 0 bridgehead atoms. The summed E-state index contributed by atoms with van der Waals surface area (Å²) in [6, 6.07) is 0. The van der Waals surface area contributed by atoms with E-state index in [0.717, 1.165) is 0 Å². The molecule has 48 valence electrons. The number of rotatable bonds is 3. The van der Waals surface area contributed by atoms with Crippen molar-refractivity contribution in [1.29, 1.82) is 0 Å². The van der Waals surface area contributed by atoms with Crippen molar-refractivity contribution in [3.8, 4) is 0 Å². The van der Waals surface area contributed by atoms with Crippen molar-refractivity contribution >= 4 is 19.0 Å². The summed E-state index contributed by atoms with van der Waals surface area (Å²) in [6.45, 7) is 1.80. The fourth-order valence-corrected chi connectivity index (χ4v) is 0.422. The van der Waals surface area contributed by atoms with Crippen molar-refractivity contribution in [2.24, 2.45) is 4.40 Å². The van der Waals surface area contributed by atoms with E-state index in [4.69, 9.17) is 0 Å². The smallest absolute Gasteiger partial charge is 0.105 e. The Morgan fingerprint density at radius 3 is 2.88 bits per heavy atom. The Kier molecular flexibility index (Phi) is 5.06. The van der Waals surface area contributed by atoms with E-state index in [2.05, 4.69) is 17.2 Å². The molecule has 0 unspecified atom stereocenters. The van der Waals surface area contributed by atoms with Crippen LogP contribution in [0.25, 0.3) is 0 Å². The molecular weight excluding hydrogens is 125 g/mol. The van der Waals surface area contributed by atoms with Crippen LogP contribution in [0.2, 0.25) is 0 Å². The van der Waals surface area contributed by atoms with Gasteiger partial charge in [0.1, 0.15) is 6.17 Å². The van der Waals surface area contributed by atoms with Crippen molar-refractivity contribution in [3.63, 3.8) is 0 Å². The molecule has 0 rings (SSSR count). The SMILES string of the molecule is CC[C@H](F)C/C=N/S. The van der Waals surface area contributed by atoms with Crippen LogP contribution in [0.5, 0.6) is 0 Å². The number of halogens is 1. The van der Waals surface area contributed by atoms with E-state index in [1.165, 1.54) is 6.21 Å². The minimum atomic E-state index is -0.745. The van der Waals surface area contributed by atoms with Gasteiger partial charge in [0, 0.05) is 12.6 Å². The van der Waals surface area contributed by atoms with Gasteiger partial charge in [0.25, 0.3) is 0 Å². The maximum atomic E-state index is 12.2. The van der Waals surface area contributed by atoms with Crippen LogP contribution >= 0.6 is 12.8 Å². The van der Waals surface area contributed by atoms with Crippen molar-refractivity contribution in [1.82, 2.24) is 0 Å². The summed E-state index contributed by atoms with van der Waals surface area (Å²) in [5, 5.41) is 0. The van der Waals surface area contributed by atoms with E-state index in [-0.39, 0.29) is 0 Å². The zero-order chi connectivity index (χ0) is 6.41. The zero-order valence-corrected chi connectivity index (χ0v) is 5.74. The maximum Gasteiger partial charge on any atom is 0.105 e. The van der Waals surface area contributed by atoms with Gasteiger partial charge in [-0.3, -0.25) is 0 Å². The molecule has 0 aliphatic carbocycles. The van der Waals surface area contributed by atoms with Gasteiger partial charge in [0.15, 0.2) is 0 Å². The third kappa shape index (κ3) is 4.12. The Morgan fingerprint density at radius 2 is 2.50 bits per heavy atom. The van der Waals surface area contributed by atoms with Gasteiger partial charge in [0.05, 0.1) is 0 Å². The topological polar surface area (TPSA) is 12.4 Å². The third-order valence-electron chi connectivity index (χ3n) is 0.886. The van der Waals surface area contributed by atoms with Gasteiger partial charge in [-0.2, -0.15) is 0 Å². The molecule has 0 N–H and O–H groups in total. The highest BCUT2D eigenvalue weighted by Crippen LogP contribution is 1.99. The van der Waals surface area contributed by atoms with E-state index >= 15 is 0 Å². The molecule has 0 radical (unpaired) electrons. The first-order valence-corrected chi connectivity index (χ1v) is 3.01. The minimum Gasteiger partial charge on any atom is -0.247 e. The lowest BCUT2D eigenvalue weighted by Crippen LogP contribution is -1.96. The minimum absolute atomic E-state index is 0.389.